The highest BCUT2D eigenvalue weighted by atomic mass is 32.2. The van der Waals surface area contributed by atoms with Crippen LogP contribution < -0.4 is 5.32 Å². The van der Waals surface area contributed by atoms with Crippen LogP contribution in [0.3, 0.4) is 0 Å². The molecule has 0 spiro atoms. The van der Waals surface area contributed by atoms with Crippen LogP contribution in [-0.2, 0) is 22.2 Å². The molecule has 2 aromatic carbocycles. The molecule has 0 atom stereocenters. The molecule has 3 rings (SSSR count). The first-order valence-corrected chi connectivity index (χ1v) is 11.3. The molecule has 0 aliphatic carbocycles. The van der Waals surface area contributed by atoms with E-state index in [4.69, 9.17) is 0 Å². The summed E-state index contributed by atoms with van der Waals surface area (Å²) in [5.74, 6) is -0.177. The Labute approximate surface area is 167 Å². The summed E-state index contributed by atoms with van der Waals surface area (Å²) in [4.78, 5) is 12.6. The zero-order valence-corrected chi connectivity index (χ0v) is 17.3. The van der Waals surface area contributed by atoms with Crippen molar-refractivity contribution in [3.8, 4) is 0 Å². The summed E-state index contributed by atoms with van der Waals surface area (Å²) in [6.45, 7) is 5.21. The van der Waals surface area contributed by atoms with E-state index in [1.807, 2.05) is 44.2 Å². The van der Waals surface area contributed by atoms with Crippen molar-refractivity contribution in [1.29, 1.82) is 0 Å². The van der Waals surface area contributed by atoms with E-state index in [0.29, 0.717) is 24.2 Å². The Balaban J connectivity index is 1.61. The van der Waals surface area contributed by atoms with Gasteiger partial charge >= 0.3 is 0 Å². The van der Waals surface area contributed by atoms with Gasteiger partial charge in [-0.1, -0.05) is 42.5 Å². The summed E-state index contributed by atoms with van der Waals surface area (Å²) in [6.07, 6.45) is 2.58. The number of hydrogen-bond donors (Lipinski definition) is 1. The number of amides is 1. The molecule has 2 aromatic rings. The highest BCUT2D eigenvalue weighted by Gasteiger charge is 2.26. The van der Waals surface area contributed by atoms with Gasteiger partial charge in [-0.3, -0.25) is 4.79 Å². The molecular weight excluding hydrogens is 372 g/mol. The lowest BCUT2D eigenvalue weighted by Gasteiger charge is -2.26. The number of carbonyl (C=O) groups is 1. The van der Waals surface area contributed by atoms with Gasteiger partial charge in [0.2, 0.25) is 10.0 Å². The van der Waals surface area contributed by atoms with Crippen LogP contribution in [-0.4, -0.2) is 37.3 Å². The van der Waals surface area contributed by atoms with E-state index in [-0.39, 0.29) is 11.7 Å². The van der Waals surface area contributed by atoms with Gasteiger partial charge in [0.25, 0.3) is 5.91 Å². The molecule has 1 aliphatic heterocycles. The van der Waals surface area contributed by atoms with Crippen molar-refractivity contribution in [1.82, 2.24) is 9.62 Å². The Hall–Kier alpha value is -2.18. The van der Waals surface area contributed by atoms with Gasteiger partial charge in [-0.05, 0) is 56.4 Å². The summed E-state index contributed by atoms with van der Waals surface area (Å²) in [5.41, 5.74) is 2.00. The molecule has 0 saturated carbocycles. The maximum Gasteiger partial charge on any atom is 0.251 e. The lowest BCUT2D eigenvalue weighted by atomic mass is 9.94. The molecule has 0 unspecified atom stereocenters. The minimum atomic E-state index is -3.28. The molecule has 1 aliphatic rings. The van der Waals surface area contributed by atoms with Crippen LogP contribution in [0.2, 0.25) is 0 Å². The second-order valence-electron chi connectivity index (χ2n) is 8.06. The predicted octanol–water partition coefficient (Wildman–Crippen LogP) is 3.36. The van der Waals surface area contributed by atoms with Crippen molar-refractivity contribution >= 4 is 15.9 Å². The number of rotatable bonds is 7. The average Bonchev–Trinajstić information content (AvgIpc) is 3.17. The Morgan fingerprint density at radius 3 is 2.18 bits per heavy atom. The summed E-state index contributed by atoms with van der Waals surface area (Å²) in [7, 11) is -3.28. The third kappa shape index (κ3) is 5.42. The molecule has 1 fully saturated rings. The number of benzene rings is 2. The number of carbonyl (C=O) groups excluding carboxylic acids is 1. The molecule has 1 saturated heterocycles. The van der Waals surface area contributed by atoms with Crippen LogP contribution in [0.1, 0.15) is 48.2 Å². The van der Waals surface area contributed by atoms with E-state index in [0.717, 1.165) is 24.8 Å². The van der Waals surface area contributed by atoms with E-state index in [1.165, 1.54) is 0 Å². The molecule has 1 heterocycles. The first kappa shape index (κ1) is 20.6. The highest BCUT2D eigenvalue weighted by Crippen LogP contribution is 2.18. The first-order valence-electron chi connectivity index (χ1n) is 9.68. The van der Waals surface area contributed by atoms with Crippen LogP contribution in [0.15, 0.2) is 54.6 Å². The van der Waals surface area contributed by atoms with E-state index < -0.39 is 15.6 Å². The molecule has 28 heavy (non-hydrogen) atoms. The van der Waals surface area contributed by atoms with E-state index >= 15 is 0 Å². The summed E-state index contributed by atoms with van der Waals surface area (Å²) >= 11 is 0. The van der Waals surface area contributed by atoms with Crippen molar-refractivity contribution in [2.45, 2.75) is 44.4 Å². The molecule has 0 aromatic heterocycles. The van der Waals surface area contributed by atoms with Crippen molar-refractivity contribution < 1.29 is 13.2 Å². The van der Waals surface area contributed by atoms with Crippen LogP contribution in [0.5, 0.6) is 0 Å². The lowest BCUT2D eigenvalue weighted by Crippen LogP contribution is -2.45. The highest BCUT2D eigenvalue weighted by molar-refractivity contribution is 7.88. The summed E-state index contributed by atoms with van der Waals surface area (Å²) in [5, 5.41) is 3.07. The van der Waals surface area contributed by atoms with Gasteiger partial charge in [0.05, 0.1) is 5.75 Å². The van der Waals surface area contributed by atoms with Gasteiger partial charge in [0, 0.05) is 24.2 Å². The van der Waals surface area contributed by atoms with Gasteiger partial charge in [-0.2, -0.15) is 0 Å². The van der Waals surface area contributed by atoms with Gasteiger partial charge < -0.3 is 5.32 Å². The average molecular weight is 401 g/mol. The fourth-order valence-corrected chi connectivity index (χ4v) is 5.16. The second-order valence-corrected chi connectivity index (χ2v) is 10.0. The monoisotopic (exact) mass is 400 g/mol. The fraction of sp³-hybridized carbons (Fsp3) is 0.409. The second kappa shape index (κ2) is 8.45. The number of nitrogens with one attached hydrogen (secondary N) is 1. The van der Waals surface area contributed by atoms with Crippen LogP contribution >= 0.6 is 0 Å². The third-order valence-corrected chi connectivity index (χ3v) is 6.81. The van der Waals surface area contributed by atoms with Crippen molar-refractivity contribution in [2.24, 2.45) is 0 Å². The van der Waals surface area contributed by atoms with Crippen molar-refractivity contribution in [3.63, 3.8) is 0 Å². The third-order valence-electron chi connectivity index (χ3n) is 4.96. The van der Waals surface area contributed by atoms with Crippen LogP contribution in [0, 0.1) is 0 Å². The van der Waals surface area contributed by atoms with Gasteiger partial charge in [0.15, 0.2) is 0 Å². The molecule has 6 heteroatoms. The molecular formula is C22H28N2O3S. The van der Waals surface area contributed by atoms with Gasteiger partial charge in [0.1, 0.15) is 0 Å². The van der Waals surface area contributed by atoms with E-state index in [2.05, 4.69) is 5.32 Å². The van der Waals surface area contributed by atoms with Gasteiger partial charge in [-0.25, -0.2) is 12.7 Å². The van der Waals surface area contributed by atoms with Crippen LogP contribution in [0.25, 0.3) is 0 Å². The Kier molecular flexibility index (Phi) is 6.20. The topological polar surface area (TPSA) is 66.5 Å². The Morgan fingerprint density at radius 1 is 0.964 bits per heavy atom. The maximum atomic E-state index is 12.6. The largest absolute Gasteiger partial charge is 0.347 e. The van der Waals surface area contributed by atoms with Crippen molar-refractivity contribution in [2.75, 3.05) is 13.1 Å². The Bertz CT molecular complexity index is 901. The number of sulfonamides is 1. The Morgan fingerprint density at radius 2 is 1.57 bits per heavy atom. The van der Waals surface area contributed by atoms with E-state index in [9.17, 15) is 13.2 Å². The lowest BCUT2D eigenvalue weighted by molar-refractivity contribution is 0.0913. The molecule has 0 bridgehead atoms. The minimum Gasteiger partial charge on any atom is -0.347 e. The van der Waals surface area contributed by atoms with E-state index in [1.54, 1.807) is 28.6 Å². The molecule has 1 N–H and O–H groups in total. The quantitative estimate of drug-likeness (QED) is 0.775. The van der Waals surface area contributed by atoms with Crippen molar-refractivity contribution in [3.05, 3.63) is 71.3 Å². The summed E-state index contributed by atoms with van der Waals surface area (Å²) in [6, 6.07) is 16.9. The number of nitrogens with zero attached hydrogens (tertiary/aromatic N) is 1. The first-order chi connectivity index (χ1) is 13.3. The zero-order valence-electron chi connectivity index (χ0n) is 16.5. The summed E-state index contributed by atoms with van der Waals surface area (Å²) < 4.78 is 26.4. The number of hydrogen-bond acceptors (Lipinski definition) is 3. The molecule has 150 valence electrons. The smallest absolute Gasteiger partial charge is 0.251 e. The molecule has 5 nitrogen and oxygen atoms in total. The van der Waals surface area contributed by atoms with Gasteiger partial charge in [-0.15, -0.1) is 0 Å². The molecule has 1 amide bonds. The fourth-order valence-electron chi connectivity index (χ4n) is 3.55. The normalized spacial score (nSPS) is 15.5. The zero-order chi connectivity index (χ0) is 20.2. The SMILES string of the molecule is CC(C)(Cc1ccccc1)NC(=O)c1ccc(CS(=O)(=O)N2CCCC2)cc1. The maximum absolute atomic E-state index is 12.6. The minimum absolute atomic E-state index is 0.0194. The molecule has 0 radical (unpaired) electrons. The predicted molar refractivity (Wildman–Crippen MR) is 112 cm³/mol. The standard InChI is InChI=1S/C22H28N2O3S/c1-22(2,16-18-8-4-3-5-9-18)23-21(25)20-12-10-19(11-13-20)17-28(26,27)24-14-6-7-15-24/h3-5,8-13H,6-7,14-17H2,1-2H3,(H,23,25). The van der Waals surface area contributed by atoms with Crippen LogP contribution in [0.4, 0.5) is 0 Å².